The lowest BCUT2D eigenvalue weighted by Gasteiger charge is -2.40. The van der Waals surface area contributed by atoms with Crippen LogP contribution in [0.2, 0.25) is 0 Å². The van der Waals surface area contributed by atoms with E-state index in [1.54, 1.807) is 0 Å². The quantitative estimate of drug-likeness (QED) is 0.246. The first-order valence-electron chi connectivity index (χ1n) is 8.48. The molecule has 0 saturated heterocycles. The van der Waals surface area contributed by atoms with Crippen LogP contribution in [0.15, 0.2) is 42.5 Å². The number of nitro benzene ring substituents is 1. The molecule has 0 bridgehead atoms. The third-order valence-corrected chi connectivity index (χ3v) is 6.02. The zero-order valence-electron chi connectivity index (χ0n) is 14.5. The Bertz CT molecular complexity index is 934. The molecule has 9 heteroatoms. The first kappa shape index (κ1) is 20.7. The molecule has 0 aromatic heterocycles. The number of carbonyl (C=O) groups is 2. The number of rotatable bonds is 6. The van der Waals surface area contributed by atoms with Crippen LogP contribution >= 0.6 is 38.5 Å². The summed E-state index contributed by atoms with van der Waals surface area (Å²) in [6, 6.07) is 10.5. The third-order valence-electron chi connectivity index (χ3n) is 4.74. The van der Waals surface area contributed by atoms with Crippen molar-refractivity contribution in [1.29, 1.82) is 0 Å². The van der Waals surface area contributed by atoms with Crippen molar-refractivity contribution in [2.45, 2.75) is 18.4 Å². The molecule has 2 aromatic rings. The van der Waals surface area contributed by atoms with Crippen LogP contribution in [0.1, 0.15) is 39.9 Å². The second kappa shape index (κ2) is 8.56. The zero-order chi connectivity index (χ0) is 20.4. The maximum atomic E-state index is 13.2. The smallest absolute Gasteiger partial charge is 0.313 e. The lowest BCUT2D eigenvalue weighted by atomic mass is 9.79. The predicted octanol–water partition coefficient (Wildman–Crippen LogP) is 4.35. The molecule has 2 atom stereocenters. The van der Waals surface area contributed by atoms with Crippen LogP contribution < -0.4 is 0 Å². The number of nitro groups is 1. The van der Waals surface area contributed by atoms with Gasteiger partial charge in [0.1, 0.15) is 5.92 Å². The van der Waals surface area contributed by atoms with Gasteiger partial charge in [-0.2, -0.15) is 0 Å². The number of fused-ring (bicyclic) bond motifs is 1. The highest BCUT2D eigenvalue weighted by molar-refractivity contribution is 14.1. The molecule has 0 radical (unpaired) electrons. The van der Waals surface area contributed by atoms with E-state index < -0.39 is 22.9 Å². The lowest BCUT2D eigenvalue weighted by Crippen LogP contribution is -2.45. The second-order valence-corrected chi connectivity index (χ2v) is 8.42. The first-order chi connectivity index (χ1) is 13.3. The molecule has 3 rings (SSSR count). The van der Waals surface area contributed by atoms with Gasteiger partial charge in [0.15, 0.2) is 0 Å². The number of amides is 1. The number of hydrogen-bond donors (Lipinski definition) is 1. The van der Waals surface area contributed by atoms with Gasteiger partial charge in [-0.15, -0.1) is 0 Å². The predicted molar refractivity (Wildman–Crippen MR) is 115 cm³/mol. The third kappa shape index (κ3) is 3.90. The van der Waals surface area contributed by atoms with Gasteiger partial charge in [0.2, 0.25) is 0 Å². The van der Waals surface area contributed by atoms with Gasteiger partial charge in [0.25, 0.3) is 11.6 Å². The zero-order valence-corrected chi connectivity index (χ0v) is 18.3. The SMILES string of the molecule is O=C(O)[C@@H]1c2ccc([N+](=O)[O-])cc2C(=O)N(CCCBr)[C@@H]1c1ccc(I)cc1. The molecular formula is C19H16BrIN2O5. The van der Waals surface area contributed by atoms with Crippen LogP contribution in [-0.4, -0.2) is 38.7 Å². The monoisotopic (exact) mass is 558 g/mol. The molecule has 0 saturated carbocycles. The number of carbonyl (C=O) groups excluding carboxylic acids is 1. The first-order valence-corrected chi connectivity index (χ1v) is 10.7. The minimum Gasteiger partial charge on any atom is -0.481 e. The molecule has 1 N–H and O–H groups in total. The molecule has 0 aliphatic carbocycles. The molecule has 1 aliphatic heterocycles. The highest BCUT2D eigenvalue weighted by Crippen LogP contribution is 2.43. The maximum absolute atomic E-state index is 13.2. The Morgan fingerprint density at radius 1 is 1.25 bits per heavy atom. The minimum absolute atomic E-state index is 0.0814. The van der Waals surface area contributed by atoms with Crippen molar-refractivity contribution in [2.24, 2.45) is 0 Å². The highest BCUT2D eigenvalue weighted by Gasteiger charge is 2.44. The van der Waals surface area contributed by atoms with Crippen LogP contribution in [-0.2, 0) is 4.79 Å². The Morgan fingerprint density at radius 3 is 2.50 bits per heavy atom. The molecule has 0 unspecified atom stereocenters. The van der Waals surface area contributed by atoms with Gasteiger partial charge in [0.05, 0.1) is 16.5 Å². The topological polar surface area (TPSA) is 101 Å². The second-order valence-electron chi connectivity index (χ2n) is 6.38. The molecular weight excluding hydrogens is 543 g/mol. The van der Waals surface area contributed by atoms with Gasteiger partial charge in [-0.05, 0) is 52.3 Å². The molecule has 0 spiro atoms. The van der Waals surface area contributed by atoms with Crippen molar-refractivity contribution in [3.05, 3.63) is 72.8 Å². The van der Waals surface area contributed by atoms with Crippen molar-refractivity contribution in [2.75, 3.05) is 11.9 Å². The summed E-state index contributed by atoms with van der Waals surface area (Å²) in [5.74, 6) is -2.47. The molecule has 1 amide bonds. The van der Waals surface area contributed by atoms with Gasteiger partial charge in [-0.1, -0.05) is 34.1 Å². The molecule has 0 fully saturated rings. The average Bonchev–Trinajstić information content (AvgIpc) is 2.67. The normalized spacial score (nSPS) is 18.6. The number of aliphatic carboxylic acids is 1. The Morgan fingerprint density at radius 2 is 1.93 bits per heavy atom. The Balaban J connectivity index is 2.20. The number of non-ortho nitro benzene ring substituents is 1. The number of benzene rings is 2. The molecule has 28 heavy (non-hydrogen) atoms. The largest absolute Gasteiger partial charge is 0.481 e. The summed E-state index contributed by atoms with van der Waals surface area (Å²) in [6.45, 7) is 0.340. The van der Waals surface area contributed by atoms with Gasteiger partial charge in [-0.3, -0.25) is 19.7 Å². The summed E-state index contributed by atoms with van der Waals surface area (Å²) in [5.41, 5.74) is 0.879. The molecule has 7 nitrogen and oxygen atoms in total. The van der Waals surface area contributed by atoms with Crippen LogP contribution in [0.5, 0.6) is 0 Å². The van der Waals surface area contributed by atoms with Crippen molar-refractivity contribution >= 4 is 56.1 Å². The van der Waals surface area contributed by atoms with E-state index >= 15 is 0 Å². The standard InChI is InChI=1S/C19H16BrIN2O5/c20-8-1-9-22-17(11-2-4-12(21)5-3-11)16(19(25)26)14-7-6-13(23(27)28)10-15(14)18(22)24/h2-7,10,16-17H,1,8-9H2,(H,25,26)/t16-,17-/m1/s1. The van der Waals surface area contributed by atoms with Crippen LogP contribution in [0.4, 0.5) is 5.69 Å². The number of hydrogen-bond acceptors (Lipinski definition) is 4. The fourth-order valence-electron chi connectivity index (χ4n) is 3.52. The van der Waals surface area contributed by atoms with Crippen molar-refractivity contribution in [3.8, 4) is 0 Å². The van der Waals surface area contributed by atoms with E-state index in [1.807, 2.05) is 24.3 Å². The summed E-state index contributed by atoms with van der Waals surface area (Å²) >= 11 is 5.50. The van der Waals surface area contributed by atoms with E-state index in [0.717, 1.165) is 9.13 Å². The van der Waals surface area contributed by atoms with Crippen LogP contribution in [0.3, 0.4) is 0 Å². The molecule has 1 heterocycles. The fraction of sp³-hybridized carbons (Fsp3) is 0.263. The summed E-state index contributed by atoms with van der Waals surface area (Å²) in [7, 11) is 0. The van der Waals surface area contributed by atoms with Gasteiger partial charge < -0.3 is 10.0 Å². The lowest BCUT2D eigenvalue weighted by molar-refractivity contribution is -0.384. The Hall–Kier alpha value is -2.01. The van der Waals surface area contributed by atoms with E-state index in [-0.39, 0.29) is 17.2 Å². The van der Waals surface area contributed by atoms with E-state index in [4.69, 9.17) is 0 Å². The number of halogens is 2. The van der Waals surface area contributed by atoms with E-state index in [0.29, 0.717) is 23.9 Å². The van der Waals surface area contributed by atoms with Crippen LogP contribution in [0.25, 0.3) is 0 Å². The van der Waals surface area contributed by atoms with Crippen molar-refractivity contribution < 1.29 is 19.6 Å². The summed E-state index contributed by atoms with van der Waals surface area (Å²) < 4.78 is 0.999. The summed E-state index contributed by atoms with van der Waals surface area (Å²) in [5, 5.41) is 21.8. The molecule has 146 valence electrons. The summed E-state index contributed by atoms with van der Waals surface area (Å²) in [4.78, 5) is 37.5. The number of carboxylic acids is 1. The van der Waals surface area contributed by atoms with Crippen molar-refractivity contribution in [3.63, 3.8) is 0 Å². The highest BCUT2D eigenvalue weighted by atomic mass is 127. The summed E-state index contributed by atoms with van der Waals surface area (Å²) in [6.07, 6.45) is 0.628. The average molecular weight is 559 g/mol. The molecule has 1 aliphatic rings. The van der Waals surface area contributed by atoms with Gasteiger partial charge in [0, 0.05) is 27.6 Å². The van der Waals surface area contributed by atoms with Gasteiger partial charge >= 0.3 is 5.97 Å². The number of carboxylic acid groups (broad SMARTS) is 1. The minimum atomic E-state index is -1.07. The maximum Gasteiger partial charge on any atom is 0.313 e. The van der Waals surface area contributed by atoms with E-state index in [2.05, 4.69) is 38.5 Å². The number of nitrogens with zero attached hydrogens (tertiary/aromatic N) is 2. The van der Waals surface area contributed by atoms with Gasteiger partial charge in [-0.25, -0.2) is 0 Å². The fourth-order valence-corrected chi connectivity index (χ4v) is 4.13. The van der Waals surface area contributed by atoms with Crippen molar-refractivity contribution in [1.82, 2.24) is 4.90 Å². The molecule has 2 aromatic carbocycles. The van der Waals surface area contributed by atoms with E-state index in [9.17, 15) is 24.8 Å². The van der Waals surface area contributed by atoms with Crippen LogP contribution in [0, 0.1) is 13.7 Å². The Labute approximate surface area is 183 Å². The number of alkyl halides is 1. The Kier molecular flexibility index (Phi) is 6.33. The van der Waals surface area contributed by atoms with E-state index in [1.165, 1.54) is 23.1 Å².